The Morgan fingerprint density at radius 2 is 1.58 bits per heavy atom. The lowest BCUT2D eigenvalue weighted by atomic mass is 9.79. The highest BCUT2D eigenvalue weighted by molar-refractivity contribution is 5.96. The summed E-state index contributed by atoms with van der Waals surface area (Å²) in [5, 5.41) is 11.5. The Morgan fingerprint density at radius 1 is 1.08 bits per heavy atom. The molecule has 1 rings (SSSR count). The Kier molecular flexibility index (Phi) is 7.16. The number of nitrogens with zero attached hydrogens (tertiary/aromatic N) is 1. The summed E-state index contributed by atoms with van der Waals surface area (Å²) in [6, 6.07) is 5.26. The molecule has 0 heterocycles. The van der Waals surface area contributed by atoms with Crippen molar-refractivity contribution >= 4 is 11.9 Å². The Morgan fingerprint density at radius 3 is 1.92 bits per heavy atom. The van der Waals surface area contributed by atoms with Gasteiger partial charge in [0.2, 0.25) is 6.04 Å². The summed E-state index contributed by atoms with van der Waals surface area (Å²) in [6.07, 6.45) is 0.133. The summed E-state index contributed by atoms with van der Waals surface area (Å²) in [6.45, 7) is 1.62. The highest BCUT2D eigenvalue weighted by Gasteiger charge is 2.46. The first-order chi connectivity index (χ1) is 11.4. The number of nitro groups is 1. The van der Waals surface area contributed by atoms with Gasteiger partial charge in [-0.1, -0.05) is 19.1 Å². The predicted octanol–water partition coefficient (Wildman–Crippen LogP) is 1.80. The molecule has 0 aliphatic heterocycles. The first-order valence-electron chi connectivity index (χ1n) is 7.34. The third kappa shape index (κ3) is 4.21. The minimum atomic E-state index is -1.43. The average molecular weight is 339 g/mol. The number of hydrogen-bond acceptors (Lipinski definition) is 7. The molecule has 132 valence electrons. The number of carbonyl (C=O) groups excluding carboxylic acids is 2. The number of benzene rings is 1. The average Bonchev–Trinajstić information content (AvgIpc) is 2.60. The summed E-state index contributed by atoms with van der Waals surface area (Å²) in [4.78, 5) is 35.2. The number of ether oxygens (including phenoxy) is 3. The molecule has 0 aromatic heterocycles. The van der Waals surface area contributed by atoms with E-state index >= 15 is 0 Å². The van der Waals surface area contributed by atoms with Crippen LogP contribution in [0.1, 0.15) is 24.8 Å². The van der Waals surface area contributed by atoms with E-state index in [1.54, 1.807) is 31.2 Å². The molecule has 0 saturated heterocycles. The fourth-order valence-electron chi connectivity index (χ4n) is 2.64. The zero-order valence-electron chi connectivity index (χ0n) is 14.1. The van der Waals surface area contributed by atoms with E-state index in [2.05, 4.69) is 9.47 Å². The highest BCUT2D eigenvalue weighted by Crippen LogP contribution is 2.34. The zero-order chi connectivity index (χ0) is 18.3. The van der Waals surface area contributed by atoms with Crippen LogP contribution in [-0.4, -0.2) is 44.2 Å². The molecule has 2 unspecified atom stereocenters. The molecule has 0 spiro atoms. The van der Waals surface area contributed by atoms with E-state index in [9.17, 15) is 19.7 Å². The van der Waals surface area contributed by atoms with Crippen LogP contribution in [0.4, 0.5) is 0 Å². The van der Waals surface area contributed by atoms with Crippen LogP contribution < -0.4 is 4.74 Å². The van der Waals surface area contributed by atoms with E-state index in [0.717, 1.165) is 14.2 Å². The maximum atomic E-state index is 12.1. The van der Waals surface area contributed by atoms with Gasteiger partial charge in [0.25, 0.3) is 0 Å². The number of esters is 2. The minimum absolute atomic E-state index is 0.133. The summed E-state index contributed by atoms with van der Waals surface area (Å²) in [5.74, 6) is -3.63. The van der Waals surface area contributed by atoms with E-state index < -0.39 is 34.7 Å². The Labute approximate surface area is 139 Å². The topological polar surface area (TPSA) is 105 Å². The van der Waals surface area contributed by atoms with Gasteiger partial charge in [0, 0.05) is 11.3 Å². The van der Waals surface area contributed by atoms with E-state index in [0.29, 0.717) is 11.3 Å². The van der Waals surface area contributed by atoms with Crippen LogP contribution in [0.3, 0.4) is 0 Å². The molecule has 24 heavy (non-hydrogen) atoms. The van der Waals surface area contributed by atoms with Gasteiger partial charge in [-0.05, 0) is 17.7 Å². The lowest BCUT2D eigenvalue weighted by Gasteiger charge is -2.26. The van der Waals surface area contributed by atoms with Gasteiger partial charge in [0.1, 0.15) is 5.75 Å². The van der Waals surface area contributed by atoms with Crippen molar-refractivity contribution in [1.82, 2.24) is 0 Å². The maximum Gasteiger partial charge on any atom is 0.320 e. The van der Waals surface area contributed by atoms with Crippen LogP contribution in [0.15, 0.2) is 24.3 Å². The van der Waals surface area contributed by atoms with E-state index in [-0.39, 0.29) is 6.42 Å². The van der Waals surface area contributed by atoms with Gasteiger partial charge in [-0.3, -0.25) is 19.7 Å². The molecule has 1 aromatic carbocycles. The number of hydrogen-bond donors (Lipinski definition) is 0. The molecule has 8 nitrogen and oxygen atoms in total. The van der Waals surface area contributed by atoms with Crippen molar-refractivity contribution in [3.8, 4) is 5.75 Å². The molecule has 0 aliphatic rings. The molecule has 0 fully saturated rings. The highest BCUT2D eigenvalue weighted by atomic mass is 16.6. The van der Waals surface area contributed by atoms with Gasteiger partial charge in [-0.2, -0.15) is 0 Å². The zero-order valence-corrected chi connectivity index (χ0v) is 14.1. The van der Waals surface area contributed by atoms with Crippen molar-refractivity contribution in [2.24, 2.45) is 5.92 Å². The molecule has 1 aromatic rings. The quantitative estimate of drug-likeness (QED) is 0.308. The molecule has 0 aliphatic carbocycles. The Bertz CT molecular complexity index is 569. The summed E-state index contributed by atoms with van der Waals surface area (Å²) < 4.78 is 14.4. The maximum absolute atomic E-state index is 12.1. The van der Waals surface area contributed by atoms with Crippen molar-refractivity contribution in [2.75, 3.05) is 21.3 Å². The van der Waals surface area contributed by atoms with Crippen molar-refractivity contribution in [1.29, 1.82) is 0 Å². The van der Waals surface area contributed by atoms with Crippen LogP contribution in [-0.2, 0) is 19.1 Å². The molecular formula is C16H21NO7. The van der Waals surface area contributed by atoms with Gasteiger partial charge in [0.15, 0.2) is 5.92 Å². The van der Waals surface area contributed by atoms with Gasteiger partial charge in [0.05, 0.1) is 27.2 Å². The summed E-state index contributed by atoms with van der Waals surface area (Å²) in [7, 11) is 3.73. The van der Waals surface area contributed by atoms with Crippen molar-refractivity contribution < 1.29 is 28.7 Å². The van der Waals surface area contributed by atoms with Crippen LogP contribution in [0, 0.1) is 16.0 Å². The van der Waals surface area contributed by atoms with Crippen LogP contribution in [0.25, 0.3) is 0 Å². The minimum Gasteiger partial charge on any atom is -0.497 e. The molecule has 0 saturated carbocycles. The molecule has 0 radical (unpaired) electrons. The molecule has 2 atom stereocenters. The first kappa shape index (κ1) is 19.4. The van der Waals surface area contributed by atoms with Crippen LogP contribution in [0.2, 0.25) is 0 Å². The molecule has 0 amide bonds. The summed E-state index contributed by atoms with van der Waals surface area (Å²) in [5.41, 5.74) is 0.458. The Hall–Kier alpha value is -2.64. The number of carbonyl (C=O) groups is 2. The predicted molar refractivity (Wildman–Crippen MR) is 84.3 cm³/mol. The lowest BCUT2D eigenvalue weighted by molar-refractivity contribution is -0.528. The van der Waals surface area contributed by atoms with Crippen molar-refractivity contribution in [2.45, 2.75) is 25.3 Å². The second-order valence-electron chi connectivity index (χ2n) is 5.08. The normalized spacial score (nSPS) is 13.0. The standard InChI is InChI=1S/C16H21NO7/c1-5-12(17(20)21)13(10-6-8-11(22-2)9-7-10)14(15(18)23-3)16(19)24-4/h6-9,12-14H,5H2,1-4H3. The molecule has 0 N–H and O–H groups in total. The number of methoxy groups -OCH3 is 3. The van der Waals surface area contributed by atoms with E-state index in [4.69, 9.17) is 4.74 Å². The number of rotatable bonds is 8. The third-order valence-electron chi connectivity index (χ3n) is 3.87. The largest absolute Gasteiger partial charge is 0.497 e. The second kappa shape index (κ2) is 8.85. The van der Waals surface area contributed by atoms with Gasteiger partial charge >= 0.3 is 11.9 Å². The smallest absolute Gasteiger partial charge is 0.320 e. The van der Waals surface area contributed by atoms with Crippen LogP contribution in [0.5, 0.6) is 5.75 Å². The fraction of sp³-hybridized carbons (Fsp3) is 0.500. The second-order valence-corrected chi connectivity index (χ2v) is 5.08. The van der Waals surface area contributed by atoms with E-state index in [1.165, 1.54) is 7.11 Å². The lowest BCUT2D eigenvalue weighted by Crippen LogP contribution is -2.40. The molecule has 8 heteroatoms. The fourth-order valence-corrected chi connectivity index (χ4v) is 2.64. The van der Waals surface area contributed by atoms with Crippen molar-refractivity contribution in [3.63, 3.8) is 0 Å². The molecule has 0 bridgehead atoms. The van der Waals surface area contributed by atoms with Crippen LogP contribution >= 0.6 is 0 Å². The van der Waals surface area contributed by atoms with Gasteiger partial charge in [-0.25, -0.2) is 0 Å². The summed E-state index contributed by atoms with van der Waals surface area (Å²) >= 11 is 0. The molecular weight excluding hydrogens is 318 g/mol. The van der Waals surface area contributed by atoms with Gasteiger partial charge < -0.3 is 14.2 Å². The third-order valence-corrected chi connectivity index (χ3v) is 3.87. The van der Waals surface area contributed by atoms with Gasteiger partial charge in [-0.15, -0.1) is 0 Å². The monoisotopic (exact) mass is 339 g/mol. The SMILES string of the molecule is CCC(C(c1ccc(OC)cc1)C(C(=O)OC)C(=O)OC)[N+](=O)[O-]. The first-order valence-corrected chi connectivity index (χ1v) is 7.34. The van der Waals surface area contributed by atoms with Crippen molar-refractivity contribution in [3.05, 3.63) is 39.9 Å². The van der Waals surface area contributed by atoms with E-state index in [1.807, 2.05) is 0 Å². The Balaban J connectivity index is 3.46.